The third-order valence-corrected chi connectivity index (χ3v) is 4.76. The van der Waals surface area contributed by atoms with Gasteiger partial charge in [-0.1, -0.05) is 64.0 Å². The number of halogens is 3. The van der Waals surface area contributed by atoms with Gasteiger partial charge in [0.1, 0.15) is 5.82 Å². The van der Waals surface area contributed by atoms with E-state index in [2.05, 4.69) is 15.9 Å². The number of benzene rings is 3. The Morgan fingerprint density at radius 2 is 1.67 bits per heavy atom. The number of hydrogen-bond acceptors (Lipinski definition) is 0. The molecule has 0 aliphatic carbocycles. The van der Waals surface area contributed by atoms with Gasteiger partial charge in [0.2, 0.25) is 0 Å². The Kier molecular flexibility index (Phi) is 4.01. The van der Waals surface area contributed by atoms with Gasteiger partial charge in [0.15, 0.2) is 0 Å². The fourth-order valence-electron chi connectivity index (χ4n) is 2.53. The van der Waals surface area contributed by atoms with Crippen molar-refractivity contribution in [3.63, 3.8) is 0 Å². The van der Waals surface area contributed by atoms with E-state index in [0.717, 1.165) is 26.4 Å². The SMILES string of the molecule is Cc1ccc(F)c(C(Cl)c2ccc(Br)c3ccccc23)c1. The van der Waals surface area contributed by atoms with Crippen LogP contribution in [0.2, 0.25) is 0 Å². The third kappa shape index (κ3) is 2.70. The first kappa shape index (κ1) is 14.6. The average molecular weight is 364 g/mol. The summed E-state index contributed by atoms with van der Waals surface area (Å²) in [7, 11) is 0. The molecular formula is C18H13BrClF. The third-order valence-electron chi connectivity index (χ3n) is 3.60. The second-order valence-corrected chi connectivity index (χ2v) is 6.36. The molecule has 0 aliphatic heterocycles. The van der Waals surface area contributed by atoms with Crippen LogP contribution in [-0.2, 0) is 0 Å². The molecule has 106 valence electrons. The van der Waals surface area contributed by atoms with Gasteiger partial charge < -0.3 is 0 Å². The molecule has 0 spiro atoms. The van der Waals surface area contributed by atoms with E-state index in [1.807, 2.05) is 49.4 Å². The summed E-state index contributed by atoms with van der Waals surface area (Å²) in [6.07, 6.45) is 0. The fourth-order valence-corrected chi connectivity index (χ4v) is 3.37. The minimum Gasteiger partial charge on any atom is -0.207 e. The lowest BCUT2D eigenvalue weighted by atomic mass is 9.97. The van der Waals surface area contributed by atoms with Gasteiger partial charge in [0.05, 0.1) is 5.38 Å². The van der Waals surface area contributed by atoms with Crippen LogP contribution in [0.3, 0.4) is 0 Å². The Hall–Kier alpha value is -1.38. The highest BCUT2D eigenvalue weighted by Gasteiger charge is 2.18. The molecule has 1 unspecified atom stereocenters. The van der Waals surface area contributed by atoms with Crippen LogP contribution in [0.15, 0.2) is 59.1 Å². The molecule has 21 heavy (non-hydrogen) atoms. The largest absolute Gasteiger partial charge is 0.207 e. The summed E-state index contributed by atoms with van der Waals surface area (Å²) < 4.78 is 15.1. The van der Waals surface area contributed by atoms with E-state index < -0.39 is 5.38 Å². The fraction of sp³-hybridized carbons (Fsp3) is 0.111. The molecule has 0 saturated heterocycles. The van der Waals surface area contributed by atoms with E-state index in [1.165, 1.54) is 6.07 Å². The maximum absolute atomic E-state index is 14.1. The maximum Gasteiger partial charge on any atom is 0.128 e. The molecule has 3 aromatic carbocycles. The van der Waals surface area contributed by atoms with E-state index in [4.69, 9.17) is 11.6 Å². The van der Waals surface area contributed by atoms with Gasteiger partial charge in [0.25, 0.3) is 0 Å². The summed E-state index contributed by atoms with van der Waals surface area (Å²) in [5.74, 6) is -0.271. The molecule has 0 N–H and O–H groups in total. The molecule has 3 heteroatoms. The van der Waals surface area contributed by atoms with Crippen molar-refractivity contribution < 1.29 is 4.39 Å². The van der Waals surface area contributed by atoms with Gasteiger partial charge in [-0.2, -0.15) is 0 Å². The normalized spacial score (nSPS) is 12.6. The minimum absolute atomic E-state index is 0.271. The monoisotopic (exact) mass is 362 g/mol. The van der Waals surface area contributed by atoms with E-state index in [-0.39, 0.29) is 5.82 Å². The maximum atomic E-state index is 14.1. The summed E-state index contributed by atoms with van der Waals surface area (Å²) in [4.78, 5) is 0. The molecule has 0 radical (unpaired) electrons. The summed E-state index contributed by atoms with van der Waals surface area (Å²) in [6, 6.07) is 16.9. The van der Waals surface area contributed by atoms with E-state index in [0.29, 0.717) is 5.56 Å². The molecule has 0 heterocycles. The first-order valence-corrected chi connectivity index (χ1v) is 7.88. The molecule has 0 aliphatic rings. The molecule has 0 fully saturated rings. The van der Waals surface area contributed by atoms with Crippen molar-refractivity contribution in [1.82, 2.24) is 0 Å². The van der Waals surface area contributed by atoms with Crippen molar-refractivity contribution in [3.8, 4) is 0 Å². The summed E-state index contributed by atoms with van der Waals surface area (Å²) in [5, 5.41) is 1.60. The van der Waals surface area contributed by atoms with Crippen molar-refractivity contribution in [3.05, 3.63) is 81.6 Å². The Labute approximate surface area is 136 Å². The Morgan fingerprint density at radius 3 is 2.43 bits per heavy atom. The molecule has 1 atom stereocenters. The van der Waals surface area contributed by atoms with Gasteiger partial charge in [-0.25, -0.2) is 4.39 Å². The number of rotatable bonds is 2. The van der Waals surface area contributed by atoms with Crippen LogP contribution in [0.1, 0.15) is 22.1 Å². The second-order valence-electron chi connectivity index (χ2n) is 5.07. The molecule has 0 nitrogen and oxygen atoms in total. The quantitative estimate of drug-likeness (QED) is 0.463. The highest BCUT2D eigenvalue weighted by molar-refractivity contribution is 9.10. The van der Waals surface area contributed by atoms with Crippen LogP contribution in [0, 0.1) is 12.7 Å². The minimum atomic E-state index is -0.511. The van der Waals surface area contributed by atoms with Crippen molar-refractivity contribution in [2.45, 2.75) is 12.3 Å². The molecule has 0 aromatic heterocycles. The predicted molar refractivity (Wildman–Crippen MR) is 90.5 cm³/mol. The van der Waals surface area contributed by atoms with E-state index >= 15 is 0 Å². The smallest absolute Gasteiger partial charge is 0.128 e. The summed E-state index contributed by atoms with van der Waals surface area (Å²) in [5.41, 5.74) is 2.43. The summed E-state index contributed by atoms with van der Waals surface area (Å²) >= 11 is 10.1. The first-order chi connectivity index (χ1) is 10.1. The van der Waals surface area contributed by atoms with Crippen LogP contribution in [0.25, 0.3) is 10.8 Å². The molecule has 0 amide bonds. The van der Waals surface area contributed by atoms with E-state index in [9.17, 15) is 4.39 Å². The molecule has 3 rings (SSSR count). The van der Waals surface area contributed by atoms with Crippen LogP contribution in [0.5, 0.6) is 0 Å². The topological polar surface area (TPSA) is 0 Å². The number of alkyl halides is 1. The van der Waals surface area contributed by atoms with Crippen LogP contribution in [0.4, 0.5) is 4.39 Å². The highest BCUT2D eigenvalue weighted by Crippen LogP contribution is 2.37. The van der Waals surface area contributed by atoms with Crippen molar-refractivity contribution in [2.75, 3.05) is 0 Å². The van der Waals surface area contributed by atoms with Gasteiger partial charge in [-0.15, -0.1) is 11.6 Å². The molecule has 3 aromatic rings. The van der Waals surface area contributed by atoms with Crippen molar-refractivity contribution in [2.24, 2.45) is 0 Å². The molecule has 0 bridgehead atoms. The number of aryl methyl sites for hydroxylation is 1. The zero-order valence-electron chi connectivity index (χ0n) is 11.4. The zero-order valence-corrected chi connectivity index (χ0v) is 13.7. The van der Waals surface area contributed by atoms with Crippen LogP contribution in [-0.4, -0.2) is 0 Å². The highest BCUT2D eigenvalue weighted by atomic mass is 79.9. The van der Waals surface area contributed by atoms with Gasteiger partial charge in [-0.3, -0.25) is 0 Å². The first-order valence-electron chi connectivity index (χ1n) is 6.65. The Balaban J connectivity index is 2.20. The van der Waals surface area contributed by atoms with Crippen molar-refractivity contribution >= 4 is 38.3 Å². The standard InChI is InChI=1S/C18H13BrClF/c1-11-6-9-17(21)15(10-11)18(20)14-7-8-16(19)13-5-3-2-4-12(13)14/h2-10,18H,1H3. The lowest BCUT2D eigenvalue weighted by Gasteiger charge is -2.15. The van der Waals surface area contributed by atoms with Crippen LogP contribution < -0.4 is 0 Å². The van der Waals surface area contributed by atoms with E-state index in [1.54, 1.807) is 6.07 Å². The van der Waals surface area contributed by atoms with Crippen LogP contribution >= 0.6 is 27.5 Å². The van der Waals surface area contributed by atoms with Crippen molar-refractivity contribution in [1.29, 1.82) is 0 Å². The second kappa shape index (κ2) is 5.78. The van der Waals surface area contributed by atoms with Gasteiger partial charge in [0, 0.05) is 10.0 Å². The molecule has 0 saturated carbocycles. The van der Waals surface area contributed by atoms with Gasteiger partial charge >= 0.3 is 0 Å². The number of fused-ring (bicyclic) bond motifs is 1. The average Bonchev–Trinajstić information content (AvgIpc) is 2.50. The Morgan fingerprint density at radius 1 is 0.952 bits per heavy atom. The van der Waals surface area contributed by atoms with Gasteiger partial charge in [-0.05, 0) is 35.4 Å². The Bertz CT molecular complexity index is 813. The molecular weight excluding hydrogens is 351 g/mol. The predicted octanol–water partition coefficient (Wildman–Crippen LogP) is 6.38. The lowest BCUT2D eigenvalue weighted by Crippen LogP contribution is -1.99. The number of hydrogen-bond donors (Lipinski definition) is 0. The zero-order chi connectivity index (χ0) is 15.0. The summed E-state index contributed by atoms with van der Waals surface area (Å²) in [6.45, 7) is 1.94. The lowest BCUT2D eigenvalue weighted by molar-refractivity contribution is 0.612.